The van der Waals surface area contributed by atoms with Crippen LogP contribution in [-0.2, 0) is 6.54 Å². The molecule has 2 N–H and O–H groups in total. The highest BCUT2D eigenvalue weighted by Gasteiger charge is 2.41. The summed E-state index contributed by atoms with van der Waals surface area (Å²) in [6, 6.07) is 0. The smallest absolute Gasteiger partial charge is 0.348 e. The zero-order valence-corrected chi connectivity index (χ0v) is 11.9. The summed E-state index contributed by atoms with van der Waals surface area (Å²) in [5, 5.41) is 0.855. The van der Waals surface area contributed by atoms with E-state index in [1.54, 1.807) is 11.3 Å². The maximum atomic E-state index is 12.7. The Hall–Kier alpha value is -0.820. The van der Waals surface area contributed by atoms with Crippen LogP contribution in [0.25, 0.3) is 0 Å². The van der Waals surface area contributed by atoms with Gasteiger partial charge >= 0.3 is 6.18 Å². The van der Waals surface area contributed by atoms with Crippen molar-refractivity contribution in [1.82, 2.24) is 4.98 Å². The van der Waals surface area contributed by atoms with E-state index in [-0.39, 0.29) is 12.8 Å². The van der Waals surface area contributed by atoms with Gasteiger partial charge in [0.05, 0.1) is 11.6 Å². The molecular weight excluding hydrogens is 287 g/mol. The van der Waals surface area contributed by atoms with Crippen molar-refractivity contribution in [3.05, 3.63) is 10.6 Å². The predicted molar refractivity (Wildman–Crippen MR) is 73.0 cm³/mol. The molecule has 1 saturated heterocycles. The van der Waals surface area contributed by atoms with Crippen LogP contribution < -0.4 is 10.6 Å². The van der Waals surface area contributed by atoms with Crippen molar-refractivity contribution < 1.29 is 13.2 Å². The van der Waals surface area contributed by atoms with Gasteiger partial charge in [0, 0.05) is 30.4 Å². The van der Waals surface area contributed by atoms with Gasteiger partial charge < -0.3 is 10.6 Å². The van der Waals surface area contributed by atoms with Crippen LogP contribution in [0.15, 0.2) is 0 Å². The number of rotatable bonds is 3. The topological polar surface area (TPSA) is 42.1 Å². The summed E-state index contributed by atoms with van der Waals surface area (Å²) in [6.07, 6.45) is -1.41. The minimum atomic E-state index is -4.06. The lowest BCUT2D eigenvalue weighted by Gasteiger charge is -2.32. The molecule has 0 spiro atoms. The van der Waals surface area contributed by atoms with Crippen LogP contribution in [0.3, 0.4) is 0 Å². The first-order valence-electron chi connectivity index (χ1n) is 7.00. The number of thiazole rings is 1. The molecule has 7 heteroatoms. The molecule has 1 aliphatic carbocycles. The van der Waals surface area contributed by atoms with E-state index >= 15 is 0 Å². The minimum absolute atomic E-state index is 0.166. The molecule has 1 aromatic heterocycles. The fourth-order valence-corrected chi connectivity index (χ4v) is 3.78. The van der Waals surface area contributed by atoms with E-state index in [1.165, 1.54) is 0 Å². The second kappa shape index (κ2) is 5.18. The van der Waals surface area contributed by atoms with E-state index in [0.717, 1.165) is 28.5 Å². The molecule has 2 fully saturated rings. The Morgan fingerprint density at radius 2 is 1.85 bits per heavy atom. The van der Waals surface area contributed by atoms with Crippen LogP contribution in [0.4, 0.5) is 18.3 Å². The molecule has 3 rings (SSSR count). The van der Waals surface area contributed by atoms with Gasteiger partial charge in [-0.25, -0.2) is 4.98 Å². The molecule has 0 radical (unpaired) electrons. The summed E-state index contributed by atoms with van der Waals surface area (Å²) in [7, 11) is 0. The van der Waals surface area contributed by atoms with Crippen molar-refractivity contribution in [2.45, 2.75) is 44.3 Å². The second-order valence-electron chi connectivity index (χ2n) is 5.59. The van der Waals surface area contributed by atoms with Gasteiger partial charge in [-0.1, -0.05) is 0 Å². The molecule has 112 valence electrons. The van der Waals surface area contributed by atoms with Crippen LogP contribution in [0.5, 0.6) is 0 Å². The van der Waals surface area contributed by atoms with Crippen LogP contribution in [0.2, 0.25) is 0 Å². The quantitative estimate of drug-likeness (QED) is 0.932. The van der Waals surface area contributed by atoms with Gasteiger partial charge in [-0.05, 0) is 25.7 Å². The first kappa shape index (κ1) is 14.1. The normalized spacial score (nSPS) is 21.5. The largest absolute Gasteiger partial charge is 0.391 e. The molecule has 0 bridgehead atoms. The molecule has 1 saturated carbocycles. The number of nitrogens with zero attached hydrogens (tertiary/aromatic N) is 2. The molecule has 3 nitrogen and oxygen atoms in total. The fraction of sp³-hybridized carbons (Fsp3) is 0.769. The lowest BCUT2D eigenvalue weighted by atomic mass is 9.97. The molecule has 1 aliphatic heterocycles. The highest BCUT2D eigenvalue weighted by atomic mass is 32.1. The maximum absolute atomic E-state index is 12.7. The third kappa shape index (κ3) is 2.79. The number of aromatic nitrogens is 1. The van der Waals surface area contributed by atoms with Crippen LogP contribution in [0.1, 0.15) is 42.2 Å². The molecule has 1 aromatic rings. The minimum Gasteiger partial charge on any atom is -0.348 e. The summed E-state index contributed by atoms with van der Waals surface area (Å²) in [4.78, 5) is 7.72. The summed E-state index contributed by atoms with van der Waals surface area (Å²) < 4.78 is 38.0. The standard InChI is InChI=1S/C13H18F3N3S/c14-13(15,16)9-3-5-19(6-4-9)12-18-11(8-1-2-8)10(7-17)20-12/h8-9H,1-7,17H2. The first-order valence-corrected chi connectivity index (χ1v) is 7.82. The molecule has 0 atom stereocenters. The van der Waals surface area contributed by atoms with E-state index in [2.05, 4.69) is 4.98 Å². The Morgan fingerprint density at radius 3 is 2.35 bits per heavy atom. The van der Waals surface area contributed by atoms with Gasteiger partial charge in [-0.2, -0.15) is 13.2 Å². The van der Waals surface area contributed by atoms with Gasteiger partial charge in [0.1, 0.15) is 0 Å². The Labute approximate surface area is 120 Å². The lowest BCUT2D eigenvalue weighted by Crippen LogP contribution is -2.38. The van der Waals surface area contributed by atoms with Crippen molar-refractivity contribution in [1.29, 1.82) is 0 Å². The van der Waals surface area contributed by atoms with Gasteiger partial charge in [-0.3, -0.25) is 0 Å². The number of hydrogen-bond acceptors (Lipinski definition) is 4. The molecule has 0 unspecified atom stereocenters. The molecule has 0 aromatic carbocycles. The molecule has 2 aliphatic rings. The van der Waals surface area contributed by atoms with Crippen molar-refractivity contribution in [2.75, 3.05) is 18.0 Å². The third-order valence-electron chi connectivity index (χ3n) is 4.09. The van der Waals surface area contributed by atoms with E-state index in [9.17, 15) is 13.2 Å². The van der Waals surface area contributed by atoms with Crippen LogP contribution in [-0.4, -0.2) is 24.2 Å². The average Bonchev–Trinajstić information content (AvgIpc) is 3.17. The number of piperidine rings is 1. The van der Waals surface area contributed by atoms with Crippen LogP contribution >= 0.6 is 11.3 Å². The lowest BCUT2D eigenvalue weighted by molar-refractivity contribution is -0.179. The zero-order chi connectivity index (χ0) is 14.3. The zero-order valence-electron chi connectivity index (χ0n) is 11.1. The molecule has 2 heterocycles. The summed E-state index contributed by atoms with van der Waals surface area (Å²) in [5.41, 5.74) is 6.83. The number of nitrogens with two attached hydrogens (primary N) is 1. The Morgan fingerprint density at radius 1 is 1.20 bits per heavy atom. The highest BCUT2D eigenvalue weighted by molar-refractivity contribution is 7.15. The van der Waals surface area contributed by atoms with Crippen molar-refractivity contribution in [3.8, 4) is 0 Å². The average molecular weight is 305 g/mol. The van der Waals surface area contributed by atoms with Gasteiger partial charge in [0.2, 0.25) is 0 Å². The Balaban J connectivity index is 1.69. The summed E-state index contributed by atoms with van der Waals surface area (Å²) in [5.74, 6) is -0.623. The van der Waals surface area contributed by atoms with E-state index in [4.69, 9.17) is 5.73 Å². The van der Waals surface area contributed by atoms with Crippen molar-refractivity contribution in [2.24, 2.45) is 11.7 Å². The van der Waals surface area contributed by atoms with E-state index in [0.29, 0.717) is 25.6 Å². The summed E-state index contributed by atoms with van der Waals surface area (Å²) >= 11 is 1.55. The second-order valence-corrected chi connectivity index (χ2v) is 6.65. The Kier molecular flexibility index (Phi) is 3.66. The van der Waals surface area contributed by atoms with Gasteiger partial charge in [-0.15, -0.1) is 11.3 Å². The fourth-order valence-electron chi connectivity index (χ4n) is 2.71. The Bertz CT molecular complexity index is 474. The highest BCUT2D eigenvalue weighted by Crippen LogP contribution is 2.44. The van der Waals surface area contributed by atoms with Crippen molar-refractivity contribution >= 4 is 16.5 Å². The molecule has 0 amide bonds. The van der Waals surface area contributed by atoms with Crippen molar-refractivity contribution in [3.63, 3.8) is 0 Å². The number of anilines is 1. The van der Waals surface area contributed by atoms with Crippen LogP contribution in [0, 0.1) is 5.92 Å². The monoisotopic (exact) mass is 305 g/mol. The number of hydrogen-bond donors (Lipinski definition) is 1. The predicted octanol–water partition coefficient (Wildman–Crippen LogP) is 3.26. The van der Waals surface area contributed by atoms with E-state index < -0.39 is 12.1 Å². The molecule has 20 heavy (non-hydrogen) atoms. The summed E-state index contributed by atoms with van der Waals surface area (Å²) in [6.45, 7) is 1.35. The SMILES string of the molecule is NCc1sc(N2CCC(C(F)(F)F)CC2)nc1C1CC1. The van der Waals surface area contributed by atoms with E-state index in [1.807, 2.05) is 4.90 Å². The molecular formula is C13H18F3N3S. The third-order valence-corrected chi connectivity index (χ3v) is 5.25. The maximum Gasteiger partial charge on any atom is 0.391 e. The number of alkyl halides is 3. The number of halogens is 3. The first-order chi connectivity index (χ1) is 9.49. The van der Waals surface area contributed by atoms with Gasteiger partial charge in [0.25, 0.3) is 0 Å². The van der Waals surface area contributed by atoms with Gasteiger partial charge in [0.15, 0.2) is 5.13 Å².